The quantitative estimate of drug-likeness (QED) is 0.719. The zero-order chi connectivity index (χ0) is 19.1. The van der Waals surface area contributed by atoms with Gasteiger partial charge < -0.3 is 9.47 Å². The van der Waals surface area contributed by atoms with Crippen molar-refractivity contribution in [2.45, 2.75) is 59.5 Å². The summed E-state index contributed by atoms with van der Waals surface area (Å²) in [5, 5.41) is 0. The molecule has 5 atom stereocenters. The van der Waals surface area contributed by atoms with Crippen molar-refractivity contribution in [3.8, 4) is 0 Å². The van der Waals surface area contributed by atoms with Crippen molar-refractivity contribution < 1.29 is 23.9 Å². The second kappa shape index (κ2) is 6.67. The highest BCUT2D eigenvalue weighted by Crippen LogP contribution is 2.60. The van der Waals surface area contributed by atoms with Crippen LogP contribution >= 0.6 is 0 Å². The molecule has 26 heavy (non-hydrogen) atoms. The smallest absolute Gasteiger partial charge is 0.334 e. The third kappa shape index (κ3) is 3.01. The van der Waals surface area contributed by atoms with E-state index in [4.69, 9.17) is 9.47 Å². The van der Waals surface area contributed by atoms with E-state index in [1.165, 1.54) is 6.92 Å². The van der Waals surface area contributed by atoms with Crippen LogP contribution in [0.15, 0.2) is 23.8 Å². The Morgan fingerprint density at radius 2 is 2.08 bits per heavy atom. The summed E-state index contributed by atoms with van der Waals surface area (Å²) < 4.78 is 10.6. The first-order valence-electron chi connectivity index (χ1n) is 9.43. The molecule has 1 saturated carbocycles. The highest BCUT2D eigenvalue weighted by molar-refractivity contribution is 5.96. The SMILES string of the molecule is CC(=O)O[C@H]1C[C@]2(C)C(=O)C=CC[C@H]2[C@](C)(CCC2=CCOC2=O)[C@H]1C. The van der Waals surface area contributed by atoms with E-state index in [2.05, 4.69) is 13.8 Å². The third-order valence-electron chi connectivity index (χ3n) is 7.05. The predicted octanol–water partition coefficient (Wildman–Crippen LogP) is 3.38. The maximum absolute atomic E-state index is 12.8. The fraction of sp³-hybridized carbons (Fsp3) is 0.667. The highest BCUT2D eigenvalue weighted by Gasteiger charge is 2.59. The average molecular weight is 360 g/mol. The van der Waals surface area contributed by atoms with E-state index < -0.39 is 5.41 Å². The lowest BCUT2D eigenvalue weighted by molar-refractivity contribution is -0.176. The second-order valence-electron chi connectivity index (χ2n) is 8.45. The molecule has 3 aliphatic rings. The molecule has 1 heterocycles. The van der Waals surface area contributed by atoms with Gasteiger partial charge in [-0.3, -0.25) is 9.59 Å². The number of ether oxygens (including phenoxy) is 2. The number of rotatable bonds is 4. The normalized spacial score (nSPS) is 39.2. The van der Waals surface area contributed by atoms with Gasteiger partial charge in [-0.1, -0.05) is 26.8 Å². The number of carbonyl (C=O) groups excluding carboxylic acids is 3. The first-order valence-corrected chi connectivity index (χ1v) is 9.43. The maximum atomic E-state index is 12.8. The van der Waals surface area contributed by atoms with Crippen LogP contribution in [-0.4, -0.2) is 30.4 Å². The Morgan fingerprint density at radius 3 is 2.69 bits per heavy atom. The van der Waals surface area contributed by atoms with Gasteiger partial charge in [0.1, 0.15) is 12.7 Å². The standard InChI is InChI=1S/C21H28O5/c1-13-16(26-14(2)22)12-21(4)17(6-5-7-18(21)23)20(13,3)10-8-15-9-11-25-19(15)24/h5,7,9,13,16-17H,6,8,10-12H2,1-4H3/t13-,16-,17-,20+,21-/m0/s1. The van der Waals surface area contributed by atoms with Crippen LogP contribution in [0.4, 0.5) is 0 Å². The fourth-order valence-electron chi connectivity index (χ4n) is 5.27. The zero-order valence-electron chi connectivity index (χ0n) is 16.0. The van der Waals surface area contributed by atoms with Gasteiger partial charge >= 0.3 is 11.9 Å². The number of hydrogen-bond acceptors (Lipinski definition) is 5. The topological polar surface area (TPSA) is 69.7 Å². The summed E-state index contributed by atoms with van der Waals surface area (Å²) in [7, 11) is 0. The molecule has 1 fully saturated rings. The largest absolute Gasteiger partial charge is 0.462 e. The van der Waals surface area contributed by atoms with Gasteiger partial charge in [0.2, 0.25) is 0 Å². The molecule has 2 aliphatic carbocycles. The summed E-state index contributed by atoms with van der Waals surface area (Å²) in [6, 6.07) is 0. The molecule has 0 aromatic heterocycles. The van der Waals surface area contributed by atoms with E-state index in [0.29, 0.717) is 25.0 Å². The van der Waals surface area contributed by atoms with Crippen molar-refractivity contribution >= 4 is 17.7 Å². The van der Waals surface area contributed by atoms with Crippen molar-refractivity contribution in [2.24, 2.45) is 22.7 Å². The Hall–Kier alpha value is -1.91. The first kappa shape index (κ1) is 18.9. The maximum Gasteiger partial charge on any atom is 0.334 e. The van der Waals surface area contributed by atoms with Crippen molar-refractivity contribution in [3.05, 3.63) is 23.8 Å². The average Bonchev–Trinajstić information content (AvgIpc) is 2.98. The molecule has 0 aromatic carbocycles. The fourth-order valence-corrected chi connectivity index (χ4v) is 5.27. The molecule has 3 rings (SSSR count). The van der Waals surface area contributed by atoms with E-state index in [1.54, 1.807) is 6.08 Å². The number of esters is 2. The van der Waals surface area contributed by atoms with Crippen LogP contribution in [0, 0.1) is 22.7 Å². The molecule has 0 bridgehead atoms. The Balaban J connectivity index is 1.92. The number of cyclic esters (lactones) is 1. The molecule has 0 unspecified atom stereocenters. The van der Waals surface area contributed by atoms with Crippen LogP contribution in [0.2, 0.25) is 0 Å². The van der Waals surface area contributed by atoms with Crippen molar-refractivity contribution in [2.75, 3.05) is 6.61 Å². The lowest BCUT2D eigenvalue weighted by Crippen LogP contribution is -2.57. The van der Waals surface area contributed by atoms with E-state index in [9.17, 15) is 14.4 Å². The summed E-state index contributed by atoms with van der Waals surface area (Å²) in [5.41, 5.74) is -0.0507. The summed E-state index contributed by atoms with van der Waals surface area (Å²) in [5.74, 6) is -0.180. The molecular weight excluding hydrogens is 332 g/mol. The van der Waals surface area contributed by atoms with E-state index in [0.717, 1.165) is 12.8 Å². The molecular formula is C21H28O5. The minimum Gasteiger partial charge on any atom is -0.462 e. The summed E-state index contributed by atoms with van der Waals surface area (Å²) in [6.45, 7) is 8.06. The zero-order valence-corrected chi connectivity index (χ0v) is 16.0. The van der Waals surface area contributed by atoms with Crippen LogP contribution in [0.1, 0.15) is 53.4 Å². The Kier molecular flexibility index (Phi) is 4.84. The predicted molar refractivity (Wildman–Crippen MR) is 96.1 cm³/mol. The molecule has 0 radical (unpaired) electrons. The monoisotopic (exact) mass is 360 g/mol. The minimum absolute atomic E-state index is 0.0989. The lowest BCUT2D eigenvalue weighted by atomic mass is 9.47. The molecule has 5 heteroatoms. The van der Waals surface area contributed by atoms with Gasteiger partial charge in [0.15, 0.2) is 5.78 Å². The first-order chi connectivity index (χ1) is 12.2. The minimum atomic E-state index is -0.541. The summed E-state index contributed by atoms with van der Waals surface area (Å²) >= 11 is 0. The molecule has 0 N–H and O–H groups in total. The number of carbonyl (C=O) groups is 3. The van der Waals surface area contributed by atoms with Crippen LogP contribution in [0.25, 0.3) is 0 Å². The van der Waals surface area contributed by atoms with Crippen molar-refractivity contribution in [3.63, 3.8) is 0 Å². The van der Waals surface area contributed by atoms with Gasteiger partial charge in [-0.2, -0.15) is 0 Å². The van der Waals surface area contributed by atoms with E-state index >= 15 is 0 Å². The number of allylic oxidation sites excluding steroid dienone is 2. The molecule has 1 aliphatic heterocycles. The number of fused-ring (bicyclic) bond motifs is 1. The number of hydrogen-bond donors (Lipinski definition) is 0. The van der Waals surface area contributed by atoms with Gasteiger partial charge in [-0.05, 0) is 55.1 Å². The van der Waals surface area contributed by atoms with Gasteiger partial charge in [0.05, 0.1) is 0 Å². The third-order valence-corrected chi connectivity index (χ3v) is 7.05. The Labute approximate surface area is 154 Å². The van der Waals surface area contributed by atoms with E-state index in [1.807, 2.05) is 19.1 Å². The van der Waals surface area contributed by atoms with Gasteiger partial charge in [0, 0.05) is 17.9 Å². The van der Waals surface area contributed by atoms with Crippen molar-refractivity contribution in [1.29, 1.82) is 0 Å². The van der Waals surface area contributed by atoms with Crippen LogP contribution in [-0.2, 0) is 23.9 Å². The molecule has 0 spiro atoms. The number of ketones is 1. The highest BCUT2D eigenvalue weighted by atomic mass is 16.5. The second-order valence-corrected chi connectivity index (χ2v) is 8.45. The van der Waals surface area contributed by atoms with Crippen LogP contribution in [0.5, 0.6) is 0 Å². The molecule has 142 valence electrons. The van der Waals surface area contributed by atoms with Crippen LogP contribution in [0.3, 0.4) is 0 Å². The Morgan fingerprint density at radius 1 is 1.35 bits per heavy atom. The lowest BCUT2D eigenvalue weighted by Gasteiger charge is -2.58. The molecule has 0 amide bonds. The van der Waals surface area contributed by atoms with Gasteiger partial charge in [-0.15, -0.1) is 0 Å². The summed E-state index contributed by atoms with van der Waals surface area (Å²) in [4.78, 5) is 36.2. The Bertz CT molecular complexity index is 691. The van der Waals surface area contributed by atoms with Crippen molar-refractivity contribution in [1.82, 2.24) is 0 Å². The van der Waals surface area contributed by atoms with Gasteiger partial charge in [0.25, 0.3) is 0 Å². The van der Waals surface area contributed by atoms with Gasteiger partial charge in [-0.25, -0.2) is 4.79 Å². The summed E-state index contributed by atoms with van der Waals surface area (Å²) in [6.07, 6.45) is 7.96. The van der Waals surface area contributed by atoms with E-state index in [-0.39, 0.29) is 41.1 Å². The molecule has 5 nitrogen and oxygen atoms in total. The molecule has 0 aromatic rings. The molecule has 0 saturated heterocycles. The van der Waals surface area contributed by atoms with Crippen LogP contribution < -0.4 is 0 Å².